The minimum absolute atomic E-state index is 0.0903. The van der Waals surface area contributed by atoms with E-state index in [-0.39, 0.29) is 5.78 Å². The predicted octanol–water partition coefficient (Wildman–Crippen LogP) is 1.93. The van der Waals surface area contributed by atoms with Crippen LogP contribution < -0.4 is 0 Å². The fraction of sp³-hybridized carbons (Fsp3) is 0.300. The van der Waals surface area contributed by atoms with Crippen molar-refractivity contribution in [1.82, 2.24) is 9.97 Å². The molecular formula is C10H12N2O. The fourth-order valence-corrected chi connectivity index (χ4v) is 0.856. The molecule has 0 bridgehead atoms. The van der Waals surface area contributed by atoms with Crippen molar-refractivity contribution in [3.8, 4) is 0 Å². The van der Waals surface area contributed by atoms with Gasteiger partial charge in [-0.15, -0.1) is 0 Å². The molecule has 0 aliphatic carbocycles. The van der Waals surface area contributed by atoms with Gasteiger partial charge < -0.3 is 0 Å². The molecule has 0 spiro atoms. The summed E-state index contributed by atoms with van der Waals surface area (Å²) >= 11 is 0. The zero-order chi connectivity index (χ0) is 9.84. The molecule has 0 amide bonds. The van der Waals surface area contributed by atoms with Gasteiger partial charge in [0.05, 0.1) is 11.9 Å². The number of hydrogen-bond acceptors (Lipinski definition) is 3. The smallest absolute Gasteiger partial charge is 0.205 e. The van der Waals surface area contributed by atoms with Crippen LogP contribution in [-0.2, 0) is 0 Å². The first-order valence-electron chi connectivity index (χ1n) is 4.07. The fourth-order valence-electron chi connectivity index (χ4n) is 0.856. The summed E-state index contributed by atoms with van der Waals surface area (Å²) in [7, 11) is 0. The van der Waals surface area contributed by atoms with Crippen LogP contribution in [0.25, 0.3) is 0 Å². The van der Waals surface area contributed by atoms with Crippen molar-refractivity contribution in [3.05, 3.63) is 35.4 Å². The highest BCUT2D eigenvalue weighted by molar-refractivity contribution is 6.03. The molecule has 1 aromatic rings. The Morgan fingerprint density at radius 3 is 2.46 bits per heavy atom. The summed E-state index contributed by atoms with van der Waals surface area (Å²) in [5.41, 5.74) is 2.17. The molecule has 0 fully saturated rings. The second kappa shape index (κ2) is 3.94. The van der Waals surface area contributed by atoms with Crippen molar-refractivity contribution in [2.45, 2.75) is 20.8 Å². The largest absolute Gasteiger partial charge is 0.287 e. The number of ketones is 1. The number of nitrogens with zero attached hydrogens (tertiary/aromatic N) is 2. The molecule has 0 saturated heterocycles. The third-order valence-corrected chi connectivity index (χ3v) is 1.45. The highest BCUT2D eigenvalue weighted by atomic mass is 16.1. The second-order valence-corrected chi connectivity index (χ2v) is 3.13. The van der Waals surface area contributed by atoms with Crippen LogP contribution in [-0.4, -0.2) is 15.8 Å². The molecule has 13 heavy (non-hydrogen) atoms. The molecule has 0 aliphatic heterocycles. The molecular weight excluding hydrogens is 164 g/mol. The number of hydrogen-bond donors (Lipinski definition) is 0. The van der Waals surface area contributed by atoms with E-state index in [0.717, 1.165) is 11.3 Å². The van der Waals surface area contributed by atoms with Gasteiger partial charge in [-0.2, -0.15) is 0 Å². The maximum absolute atomic E-state index is 11.4. The van der Waals surface area contributed by atoms with Gasteiger partial charge in [-0.3, -0.25) is 9.78 Å². The van der Waals surface area contributed by atoms with E-state index < -0.39 is 0 Å². The Morgan fingerprint density at radius 1 is 1.31 bits per heavy atom. The standard InChI is InChI=1S/C10H12N2O/c1-7(2)4-10(13)9-6-11-8(3)5-12-9/h4-6H,1-3H3. The maximum atomic E-state index is 11.4. The number of rotatable bonds is 2. The van der Waals surface area contributed by atoms with Gasteiger partial charge >= 0.3 is 0 Å². The van der Waals surface area contributed by atoms with Crippen molar-refractivity contribution in [3.63, 3.8) is 0 Å². The number of carbonyl (C=O) groups is 1. The van der Waals surface area contributed by atoms with E-state index in [4.69, 9.17) is 0 Å². The van der Waals surface area contributed by atoms with Crippen molar-refractivity contribution >= 4 is 5.78 Å². The predicted molar refractivity (Wildman–Crippen MR) is 50.5 cm³/mol. The highest BCUT2D eigenvalue weighted by Crippen LogP contribution is 1.99. The van der Waals surface area contributed by atoms with Crippen LogP contribution in [0.3, 0.4) is 0 Å². The van der Waals surface area contributed by atoms with Crippen molar-refractivity contribution in [2.24, 2.45) is 0 Å². The van der Waals surface area contributed by atoms with Crippen LogP contribution in [0.1, 0.15) is 30.0 Å². The Hall–Kier alpha value is -1.51. The summed E-state index contributed by atoms with van der Waals surface area (Å²) in [6, 6.07) is 0. The monoisotopic (exact) mass is 176 g/mol. The molecule has 1 rings (SSSR count). The lowest BCUT2D eigenvalue weighted by atomic mass is 10.2. The van der Waals surface area contributed by atoms with E-state index in [1.165, 1.54) is 6.20 Å². The van der Waals surface area contributed by atoms with Crippen LogP contribution in [0.5, 0.6) is 0 Å². The molecule has 1 heterocycles. The molecule has 3 heteroatoms. The summed E-state index contributed by atoms with van der Waals surface area (Å²) < 4.78 is 0. The first-order chi connectivity index (χ1) is 6.09. The number of carbonyl (C=O) groups excluding carboxylic acids is 1. The molecule has 0 saturated carbocycles. The molecule has 0 aromatic carbocycles. The third kappa shape index (κ3) is 2.78. The van der Waals surface area contributed by atoms with Gasteiger partial charge in [0.15, 0.2) is 0 Å². The van der Waals surface area contributed by atoms with Gasteiger partial charge in [-0.05, 0) is 26.8 Å². The quantitative estimate of drug-likeness (QED) is 0.510. The SMILES string of the molecule is CC(C)=CC(=O)c1cnc(C)cn1. The van der Waals surface area contributed by atoms with Gasteiger partial charge in [-0.1, -0.05) is 5.57 Å². The summed E-state index contributed by atoms with van der Waals surface area (Å²) in [5, 5.41) is 0. The Balaban J connectivity index is 2.90. The first kappa shape index (κ1) is 9.58. The summed E-state index contributed by atoms with van der Waals surface area (Å²) in [4.78, 5) is 19.4. The minimum atomic E-state index is -0.0903. The Labute approximate surface area is 77.5 Å². The Morgan fingerprint density at radius 2 is 2.00 bits per heavy atom. The lowest BCUT2D eigenvalue weighted by Gasteiger charge is -1.95. The average molecular weight is 176 g/mol. The van der Waals surface area contributed by atoms with E-state index in [2.05, 4.69) is 9.97 Å². The first-order valence-corrected chi connectivity index (χ1v) is 4.07. The molecule has 0 radical (unpaired) electrons. The van der Waals surface area contributed by atoms with Gasteiger partial charge in [0.2, 0.25) is 5.78 Å². The van der Waals surface area contributed by atoms with E-state index in [1.54, 1.807) is 12.3 Å². The van der Waals surface area contributed by atoms with Gasteiger partial charge in [0, 0.05) is 6.20 Å². The van der Waals surface area contributed by atoms with E-state index in [1.807, 2.05) is 20.8 Å². The summed E-state index contributed by atoms with van der Waals surface area (Å²) in [6.45, 7) is 5.58. The second-order valence-electron chi connectivity index (χ2n) is 3.13. The number of aromatic nitrogens is 2. The van der Waals surface area contributed by atoms with E-state index >= 15 is 0 Å². The third-order valence-electron chi connectivity index (χ3n) is 1.45. The van der Waals surface area contributed by atoms with Crippen LogP contribution >= 0.6 is 0 Å². The minimum Gasteiger partial charge on any atom is -0.287 e. The Bertz CT molecular complexity index is 334. The van der Waals surface area contributed by atoms with Gasteiger partial charge in [0.1, 0.15) is 5.69 Å². The normalized spacial score (nSPS) is 9.46. The van der Waals surface area contributed by atoms with Crippen LogP contribution in [0, 0.1) is 6.92 Å². The molecule has 68 valence electrons. The summed E-state index contributed by atoms with van der Waals surface area (Å²) in [6.07, 6.45) is 4.64. The van der Waals surface area contributed by atoms with Crippen LogP contribution in [0.15, 0.2) is 24.0 Å². The lowest BCUT2D eigenvalue weighted by molar-refractivity contribution is 0.104. The molecule has 0 unspecified atom stereocenters. The Kier molecular flexibility index (Phi) is 2.90. The van der Waals surface area contributed by atoms with E-state index in [0.29, 0.717) is 5.69 Å². The van der Waals surface area contributed by atoms with E-state index in [9.17, 15) is 4.79 Å². The van der Waals surface area contributed by atoms with Crippen LogP contribution in [0.2, 0.25) is 0 Å². The van der Waals surface area contributed by atoms with Crippen molar-refractivity contribution < 1.29 is 4.79 Å². The van der Waals surface area contributed by atoms with Crippen LogP contribution in [0.4, 0.5) is 0 Å². The number of aryl methyl sites for hydroxylation is 1. The summed E-state index contributed by atoms with van der Waals surface area (Å²) in [5.74, 6) is -0.0903. The molecule has 0 aliphatic rings. The topological polar surface area (TPSA) is 42.9 Å². The zero-order valence-corrected chi connectivity index (χ0v) is 8.03. The van der Waals surface area contributed by atoms with Crippen molar-refractivity contribution in [2.75, 3.05) is 0 Å². The molecule has 0 atom stereocenters. The van der Waals surface area contributed by atoms with Gasteiger partial charge in [-0.25, -0.2) is 4.98 Å². The lowest BCUT2D eigenvalue weighted by Crippen LogP contribution is -2.00. The highest BCUT2D eigenvalue weighted by Gasteiger charge is 2.03. The molecule has 0 N–H and O–H groups in total. The van der Waals surface area contributed by atoms with Gasteiger partial charge in [0.25, 0.3) is 0 Å². The number of allylic oxidation sites excluding steroid dienone is 2. The maximum Gasteiger partial charge on any atom is 0.205 e. The molecule has 3 nitrogen and oxygen atoms in total. The molecule has 1 aromatic heterocycles. The zero-order valence-electron chi connectivity index (χ0n) is 8.03. The van der Waals surface area contributed by atoms with Crippen molar-refractivity contribution in [1.29, 1.82) is 0 Å². The average Bonchev–Trinajstić information content (AvgIpc) is 2.04.